The molecule has 0 radical (unpaired) electrons. The van der Waals surface area contributed by atoms with Gasteiger partial charge in [-0.15, -0.1) is 0 Å². The first-order valence-electron chi connectivity index (χ1n) is 7.76. The van der Waals surface area contributed by atoms with Gasteiger partial charge in [0.05, 0.1) is 19.6 Å². The predicted molar refractivity (Wildman–Crippen MR) is 100 cm³/mol. The summed E-state index contributed by atoms with van der Waals surface area (Å²) in [4.78, 5) is 19.1. The third-order valence-corrected chi connectivity index (χ3v) is 5.93. The van der Waals surface area contributed by atoms with Crippen LogP contribution in [0.2, 0.25) is 0 Å². The molecule has 158 valence electrons. The predicted octanol–water partition coefficient (Wildman–Crippen LogP) is 1.62. The van der Waals surface area contributed by atoms with Gasteiger partial charge in [0.15, 0.2) is 0 Å². The minimum atomic E-state index is -4.21. The van der Waals surface area contributed by atoms with Crippen LogP contribution in [-0.2, 0) is 28.6 Å². The standard InChI is InChI=1S/C16H12N2O10S2/c19-17(20)13-3-7-15(8-4-13)29(23,24)27-11-1-2-12-28-30(25,26)16-9-5-14(6-10-16)18(21)22/h3-10H,11-12H2. The summed E-state index contributed by atoms with van der Waals surface area (Å²) in [7, 11) is -8.42. The van der Waals surface area contributed by atoms with Gasteiger partial charge in [-0.2, -0.15) is 16.8 Å². The van der Waals surface area contributed by atoms with Crippen LogP contribution in [0.5, 0.6) is 0 Å². The number of non-ortho nitro benzene ring substituents is 2. The summed E-state index contributed by atoms with van der Waals surface area (Å²) in [5.41, 5.74) is -0.583. The Hall–Kier alpha value is -3.38. The maximum atomic E-state index is 11.9. The van der Waals surface area contributed by atoms with Crippen LogP contribution in [0, 0.1) is 32.1 Å². The lowest BCUT2D eigenvalue weighted by molar-refractivity contribution is -0.385. The smallest absolute Gasteiger partial charge is 0.258 e. The zero-order valence-electron chi connectivity index (χ0n) is 14.8. The third kappa shape index (κ3) is 6.06. The first-order valence-corrected chi connectivity index (χ1v) is 10.6. The number of benzene rings is 2. The van der Waals surface area contributed by atoms with Gasteiger partial charge in [-0.05, 0) is 24.3 Å². The molecule has 0 atom stereocenters. The van der Waals surface area contributed by atoms with Crippen LogP contribution < -0.4 is 0 Å². The highest BCUT2D eigenvalue weighted by atomic mass is 32.2. The van der Waals surface area contributed by atoms with E-state index in [4.69, 9.17) is 0 Å². The molecule has 2 rings (SSSR count). The van der Waals surface area contributed by atoms with Gasteiger partial charge in [-0.1, -0.05) is 11.8 Å². The van der Waals surface area contributed by atoms with E-state index in [1.165, 1.54) is 0 Å². The minimum Gasteiger partial charge on any atom is -0.258 e. The van der Waals surface area contributed by atoms with Crippen molar-refractivity contribution in [3.63, 3.8) is 0 Å². The van der Waals surface area contributed by atoms with E-state index >= 15 is 0 Å². The molecule has 0 aliphatic carbocycles. The molecule has 0 unspecified atom stereocenters. The highest BCUT2D eigenvalue weighted by Crippen LogP contribution is 2.18. The quantitative estimate of drug-likeness (QED) is 0.246. The molecule has 2 aromatic carbocycles. The maximum Gasteiger partial charge on any atom is 0.297 e. The molecule has 0 heterocycles. The van der Waals surface area contributed by atoms with Crippen molar-refractivity contribution in [2.45, 2.75) is 9.79 Å². The zero-order chi connectivity index (χ0) is 22.4. The fourth-order valence-electron chi connectivity index (χ4n) is 1.92. The van der Waals surface area contributed by atoms with Crippen LogP contribution in [0.1, 0.15) is 0 Å². The van der Waals surface area contributed by atoms with E-state index in [1.54, 1.807) is 0 Å². The molecule has 0 saturated carbocycles. The second kappa shape index (κ2) is 9.41. The average molecular weight is 456 g/mol. The molecule has 0 saturated heterocycles. The number of hydrogen-bond acceptors (Lipinski definition) is 10. The molecule has 0 N–H and O–H groups in total. The normalized spacial score (nSPS) is 11.3. The number of rotatable bonds is 8. The Labute approximate surface area is 170 Å². The maximum absolute atomic E-state index is 11.9. The second-order valence-corrected chi connectivity index (χ2v) is 8.52. The summed E-state index contributed by atoms with van der Waals surface area (Å²) >= 11 is 0. The zero-order valence-corrected chi connectivity index (χ0v) is 16.5. The summed E-state index contributed by atoms with van der Waals surface area (Å²) in [5, 5.41) is 21.1. The Morgan fingerprint density at radius 2 is 0.967 bits per heavy atom. The molecule has 14 heteroatoms. The molecule has 12 nitrogen and oxygen atoms in total. The molecule has 0 amide bonds. The van der Waals surface area contributed by atoms with Crippen molar-refractivity contribution in [1.29, 1.82) is 0 Å². The average Bonchev–Trinajstić information content (AvgIpc) is 2.70. The van der Waals surface area contributed by atoms with Crippen molar-refractivity contribution in [2.75, 3.05) is 13.2 Å². The van der Waals surface area contributed by atoms with Crippen LogP contribution in [0.3, 0.4) is 0 Å². The lowest BCUT2D eigenvalue weighted by Crippen LogP contribution is -2.08. The number of hydrogen-bond donors (Lipinski definition) is 0. The number of nitro benzene ring substituents is 2. The van der Waals surface area contributed by atoms with Gasteiger partial charge in [0, 0.05) is 24.3 Å². The van der Waals surface area contributed by atoms with Crippen LogP contribution in [0.25, 0.3) is 0 Å². The van der Waals surface area contributed by atoms with E-state index in [9.17, 15) is 37.1 Å². The fourth-order valence-corrected chi connectivity index (χ4v) is 3.56. The molecule has 2 aromatic rings. The molecule has 0 spiro atoms. The third-order valence-electron chi connectivity index (χ3n) is 3.37. The second-order valence-electron chi connectivity index (χ2n) is 5.29. The van der Waals surface area contributed by atoms with Crippen LogP contribution in [-0.4, -0.2) is 39.9 Å². The van der Waals surface area contributed by atoms with E-state index in [2.05, 4.69) is 20.2 Å². The molecular weight excluding hydrogens is 444 g/mol. The molecule has 30 heavy (non-hydrogen) atoms. The van der Waals surface area contributed by atoms with Gasteiger partial charge in [0.2, 0.25) is 0 Å². The Kier molecular flexibility index (Phi) is 7.19. The Balaban J connectivity index is 1.90. The number of nitro groups is 2. The monoisotopic (exact) mass is 456 g/mol. The summed E-state index contributed by atoms with van der Waals surface area (Å²) in [5.74, 6) is 4.50. The van der Waals surface area contributed by atoms with Gasteiger partial charge in [-0.25, -0.2) is 0 Å². The summed E-state index contributed by atoms with van der Waals surface area (Å²) in [6, 6.07) is 8.00. The summed E-state index contributed by atoms with van der Waals surface area (Å²) in [6.07, 6.45) is 0. The lowest BCUT2D eigenvalue weighted by atomic mass is 10.3. The van der Waals surface area contributed by atoms with Crippen molar-refractivity contribution in [1.82, 2.24) is 0 Å². The van der Waals surface area contributed by atoms with Gasteiger partial charge in [0.25, 0.3) is 31.6 Å². The van der Waals surface area contributed by atoms with Gasteiger partial charge in [-0.3, -0.25) is 28.6 Å². The molecule has 0 aliphatic rings. The van der Waals surface area contributed by atoms with Gasteiger partial charge in [0.1, 0.15) is 13.2 Å². The van der Waals surface area contributed by atoms with Gasteiger partial charge < -0.3 is 0 Å². The first-order chi connectivity index (χ1) is 14.0. The highest BCUT2D eigenvalue weighted by Gasteiger charge is 2.17. The van der Waals surface area contributed by atoms with E-state index < -0.39 is 43.3 Å². The van der Waals surface area contributed by atoms with E-state index in [0.29, 0.717) is 0 Å². The van der Waals surface area contributed by atoms with E-state index in [1.807, 2.05) is 0 Å². The van der Waals surface area contributed by atoms with Crippen molar-refractivity contribution in [3.05, 3.63) is 68.8 Å². The molecule has 0 aromatic heterocycles. The minimum absolute atomic E-state index is 0.292. The van der Waals surface area contributed by atoms with Crippen molar-refractivity contribution in [3.8, 4) is 11.8 Å². The van der Waals surface area contributed by atoms with Crippen molar-refractivity contribution >= 4 is 31.6 Å². The lowest BCUT2D eigenvalue weighted by Gasteiger charge is -2.03. The highest BCUT2D eigenvalue weighted by molar-refractivity contribution is 7.87. The van der Waals surface area contributed by atoms with E-state index in [-0.39, 0.29) is 21.2 Å². The Bertz CT molecular complexity index is 1110. The number of nitrogens with zero attached hydrogens (tertiary/aromatic N) is 2. The molecular formula is C16H12N2O10S2. The summed E-state index contributed by atoms with van der Waals surface area (Å²) in [6.45, 7) is -1.22. The SMILES string of the molecule is O=[N+]([O-])c1ccc(S(=O)(=O)OCC#CCOS(=O)(=O)c2ccc([N+](=O)[O-])cc2)cc1. The van der Waals surface area contributed by atoms with Crippen molar-refractivity contribution in [2.24, 2.45) is 0 Å². The van der Waals surface area contributed by atoms with Gasteiger partial charge >= 0.3 is 0 Å². The van der Waals surface area contributed by atoms with E-state index in [0.717, 1.165) is 48.5 Å². The molecule has 0 bridgehead atoms. The first kappa shape index (κ1) is 22.9. The fraction of sp³-hybridized carbons (Fsp3) is 0.125. The Morgan fingerprint density at radius 1 is 0.667 bits per heavy atom. The summed E-state index contributed by atoms with van der Waals surface area (Å²) < 4.78 is 57.0. The van der Waals surface area contributed by atoms with Crippen molar-refractivity contribution < 1.29 is 35.0 Å². The van der Waals surface area contributed by atoms with Crippen LogP contribution in [0.15, 0.2) is 58.3 Å². The van der Waals surface area contributed by atoms with Crippen LogP contribution in [0.4, 0.5) is 11.4 Å². The van der Waals surface area contributed by atoms with Crippen LogP contribution >= 0.6 is 0 Å². The largest absolute Gasteiger partial charge is 0.297 e. The molecule has 0 aliphatic heterocycles. The topological polar surface area (TPSA) is 173 Å². The molecule has 0 fully saturated rings. The Morgan fingerprint density at radius 3 is 1.23 bits per heavy atom.